The number of phenolic OH excluding ortho intramolecular Hbond substituents is 1. The van der Waals surface area contributed by atoms with Gasteiger partial charge in [0, 0.05) is 10.6 Å². The van der Waals surface area contributed by atoms with Crippen LogP contribution in [0, 0.1) is 6.92 Å². The van der Waals surface area contributed by atoms with Crippen LogP contribution in [0.15, 0.2) is 78.9 Å². The van der Waals surface area contributed by atoms with E-state index in [9.17, 15) is 5.11 Å². The summed E-state index contributed by atoms with van der Waals surface area (Å²) in [4.78, 5) is 0. The molecule has 0 spiro atoms. The van der Waals surface area contributed by atoms with Crippen LogP contribution in [0.4, 0.5) is 0 Å². The van der Waals surface area contributed by atoms with Gasteiger partial charge in [0.05, 0.1) is 12.1 Å². The number of benzene rings is 4. The lowest BCUT2D eigenvalue weighted by atomic mass is 9.82. The predicted molar refractivity (Wildman–Crippen MR) is 115 cm³/mol. The topological polar surface area (TPSA) is 32.3 Å². The summed E-state index contributed by atoms with van der Waals surface area (Å²) in [6.45, 7) is 2.09. The molecule has 0 amide bonds. The van der Waals surface area contributed by atoms with Crippen LogP contribution in [-0.2, 0) is 0 Å². The highest BCUT2D eigenvalue weighted by atomic mass is 35.5. The zero-order chi connectivity index (χ0) is 19.3. The van der Waals surface area contributed by atoms with Crippen LogP contribution >= 0.6 is 11.6 Å². The molecule has 1 unspecified atom stereocenters. The minimum atomic E-state index is -0.0973. The number of rotatable bonds is 2. The fraction of sp³-hybridized carbons (Fsp3) is 0.120. The number of nitrogens with one attached hydrogen (secondary N) is 1. The molecule has 4 aromatic carbocycles. The lowest BCUT2D eigenvalue weighted by Gasteiger charge is -2.35. The summed E-state index contributed by atoms with van der Waals surface area (Å²) in [5.74, 6) is 0.326. The summed E-state index contributed by atoms with van der Waals surface area (Å²) in [5, 5.41) is 17.6. The Balaban J connectivity index is 1.78. The second kappa shape index (κ2) is 6.66. The Bertz CT molecular complexity index is 1170. The Hall–Kier alpha value is -2.81. The van der Waals surface area contributed by atoms with E-state index >= 15 is 0 Å². The van der Waals surface area contributed by atoms with Crippen molar-refractivity contribution >= 4 is 22.4 Å². The van der Waals surface area contributed by atoms with Gasteiger partial charge >= 0.3 is 0 Å². The van der Waals surface area contributed by atoms with Crippen molar-refractivity contribution < 1.29 is 5.11 Å². The number of aromatic hydroxyl groups is 1. The lowest BCUT2D eigenvalue weighted by Crippen LogP contribution is -2.32. The standard InChI is InChI=1S/C25H20ClNO/c1-15-5-7-18(8-6-15)25-23-21(28)14-11-16-3-2-4-20(22(16)23)24(27-25)17-9-12-19(26)13-10-17/h2-14,24-25,27-28H,1H3/t24-,25?/m0/s1. The van der Waals surface area contributed by atoms with Crippen molar-refractivity contribution in [1.82, 2.24) is 5.32 Å². The molecule has 0 saturated carbocycles. The molecule has 2 atom stereocenters. The molecular weight excluding hydrogens is 366 g/mol. The highest BCUT2D eigenvalue weighted by molar-refractivity contribution is 6.30. The molecule has 0 radical (unpaired) electrons. The Kier molecular flexibility index (Phi) is 4.12. The first-order valence-electron chi connectivity index (χ1n) is 9.44. The third kappa shape index (κ3) is 2.77. The lowest BCUT2D eigenvalue weighted by molar-refractivity contribution is 0.448. The molecule has 0 saturated heterocycles. The van der Waals surface area contributed by atoms with Gasteiger partial charge in [0.15, 0.2) is 0 Å². The molecule has 1 heterocycles. The second-order valence-corrected chi connectivity index (χ2v) is 7.88. The van der Waals surface area contributed by atoms with Crippen molar-refractivity contribution in [3.05, 3.63) is 112 Å². The zero-order valence-corrected chi connectivity index (χ0v) is 16.2. The maximum atomic E-state index is 10.8. The molecule has 0 aliphatic carbocycles. The van der Waals surface area contributed by atoms with Crippen molar-refractivity contribution in [3.8, 4) is 5.75 Å². The first-order chi connectivity index (χ1) is 13.6. The quantitative estimate of drug-likeness (QED) is 0.425. The van der Waals surface area contributed by atoms with E-state index < -0.39 is 0 Å². The van der Waals surface area contributed by atoms with Crippen LogP contribution in [0.3, 0.4) is 0 Å². The van der Waals surface area contributed by atoms with Gasteiger partial charge in [0.2, 0.25) is 0 Å². The van der Waals surface area contributed by atoms with Gasteiger partial charge in [-0.1, -0.05) is 77.8 Å². The molecule has 3 heteroatoms. The summed E-state index contributed by atoms with van der Waals surface area (Å²) in [5.41, 5.74) is 5.64. The van der Waals surface area contributed by atoms with Crippen LogP contribution in [-0.4, -0.2) is 5.11 Å². The van der Waals surface area contributed by atoms with Crippen molar-refractivity contribution in [1.29, 1.82) is 0 Å². The Morgan fingerprint density at radius 2 is 1.46 bits per heavy atom. The molecule has 5 rings (SSSR count). The van der Waals surface area contributed by atoms with Gasteiger partial charge in [-0.25, -0.2) is 0 Å². The van der Waals surface area contributed by atoms with E-state index in [1.807, 2.05) is 18.2 Å². The Morgan fingerprint density at radius 3 is 2.21 bits per heavy atom. The van der Waals surface area contributed by atoms with E-state index in [1.54, 1.807) is 6.07 Å². The minimum absolute atomic E-state index is 0.0153. The normalized spacial score (nSPS) is 18.4. The summed E-state index contributed by atoms with van der Waals surface area (Å²) >= 11 is 6.12. The van der Waals surface area contributed by atoms with Gasteiger partial charge < -0.3 is 5.11 Å². The van der Waals surface area contributed by atoms with Crippen LogP contribution in [0.1, 0.15) is 39.9 Å². The molecule has 0 bridgehead atoms. The van der Waals surface area contributed by atoms with Gasteiger partial charge in [0.25, 0.3) is 0 Å². The summed E-state index contributed by atoms with van der Waals surface area (Å²) in [6.07, 6.45) is 0. The predicted octanol–water partition coefficient (Wildman–Crippen LogP) is 6.29. The summed E-state index contributed by atoms with van der Waals surface area (Å²) in [7, 11) is 0. The van der Waals surface area contributed by atoms with E-state index in [0.29, 0.717) is 5.75 Å². The highest BCUT2D eigenvalue weighted by Crippen LogP contribution is 2.45. The summed E-state index contributed by atoms with van der Waals surface area (Å²) in [6, 6.07) is 26.5. The minimum Gasteiger partial charge on any atom is -0.508 e. The van der Waals surface area contributed by atoms with Crippen LogP contribution in [0.2, 0.25) is 5.02 Å². The first kappa shape index (κ1) is 17.3. The van der Waals surface area contributed by atoms with Gasteiger partial charge in [-0.3, -0.25) is 5.32 Å². The van der Waals surface area contributed by atoms with E-state index in [0.717, 1.165) is 32.5 Å². The molecule has 1 aliphatic heterocycles. The van der Waals surface area contributed by atoms with Crippen molar-refractivity contribution in [2.45, 2.75) is 19.0 Å². The molecule has 138 valence electrons. The van der Waals surface area contributed by atoms with E-state index in [1.165, 1.54) is 11.1 Å². The van der Waals surface area contributed by atoms with Gasteiger partial charge in [-0.05, 0) is 52.6 Å². The van der Waals surface area contributed by atoms with Crippen molar-refractivity contribution in [2.24, 2.45) is 0 Å². The molecule has 28 heavy (non-hydrogen) atoms. The van der Waals surface area contributed by atoms with Crippen LogP contribution < -0.4 is 5.32 Å². The van der Waals surface area contributed by atoms with Gasteiger partial charge in [-0.2, -0.15) is 0 Å². The maximum absolute atomic E-state index is 10.8. The number of aryl methyl sites for hydroxylation is 1. The van der Waals surface area contributed by atoms with Gasteiger partial charge in [0.1, 0.15) is 5.75 Å². The smallest absolute Gasteiger partial charge is 0.121 e. The monoisotopic (exact) mass is 385 g/mol. The molecule has 0 fully saturated rings. The molecule has 1 aliphatic rings. The summed E-state index contributed by atoms with van der Waals surface area (Å²) < 4.78 is 0. The van der Waals surface area contributed by atoms with Crippen LogP contribution in [0.25, 0.3) is 10.8 Å². The highest BCUT2D eigenvalue weighted by Gasteiger charge is 2.32. The van der Waals surface area contributed by atoms with Gasteiger partial charge in [-0.15, -0.1) is 0 Å². The van der Waals surface area contributed by atoms with Crippen molar-refractivity contribution in [3.63, 3.8) is 0 Å². The largest absolute Gasteiger partial charge is 0.508 e. The molecule has 0 aromatic heterocycles. The third-order valence-corrected chi connectivity index (χ3v) is 5.89. The molecular formula is C25H20ClNO. The number of hydrogen-bond donors (Lipinski definition) is 2. The maximum Gasteiger partial charge on any atom is 0.121 e. The number of halogens is 1. The van der Waals surface area contributed by atoms with E-state index in [2.05, 4.69) is 66.8 Å². The SMILES string of the molecule is Cc1ccc(C2N[C@@H](c3ccc(Cl)cc3)c3cccc4ccc(O)c2c34)cc1. The average Bonchev–Trinajstić information content (AvgIpc) is 2.72. The average molecular weight is 386 g/mol. The number of phenols is 1. The Morgan fingerprint density at radius 1 is 0.786 bits per heavy atom. The Labute approximate surface area is 169 Å². The molecule has 2 N–H and O–H groups in total. The second-order valence-electron chi connectivity index (χ2n) is 7.44. The third-order valence-electron chi connectivity index (χ3n) is 5.64. The van der Waals surface area contributed by atoms with E-state index in [4.69, 9.17) is 11.6 Å². The van der Waals surface area contributed by atoms with E-state index in [-0.39, 0.29) is 12.1 Å². The molecule has 2 nitrogen and oxygen atoms in total. The van der Waals surface area contributed by atoms with Crippen LogP contribution in [0.5, 0.6) is 5.75 Å². The van der Waals surface area contributed by atoms with Crippen molar-refractivity contribution in [2.75, 3.05) is 0 Å². The fourth-order valence-electron chi connectivity index (χ4n) is 4.25. The zero-order valence-electron chi connectivity index (χ0n) is 15.5. The first-order valence-corrected chi connectivity index (χ1v) is 9.82. The molecule has 4 aromatic rings. The fourth-order valence-corrected chi connectivity index (χ4v) is 4.38. The number of hydrogen-bond acceptors (Lipinski definition) is 2.